The zero-order chi connectivity index (χ0) is 14.1. The van der Waals surface area contributed by atoms with E-state index in [9.17, 15) is 0 Å². The van der Waals surface area contributed by atoms with Crippen LogP contribution in [0, 0.1) is 6.92 Å². The van der Waals surface area contributed by atoms with Crippen molar-refractivity contribution in [3.8, 4) is 11.1 Å². The Morgan fingerprint density at radius 3 is 2.85 bits per heavy atom. The Morgan fingerprint density at radius 2 is 2.10 bits per heavy atom. The highest BCUT2D eigenvalue weighted by Crippen LogP contribution is 2.34. The summed E-state index contributed by atoms with van der Waals surface area (Å²) in [6, 6.07) is 4.27. The minimum atomic E-state index is 0.422. The van der Waals surface area contributed by atoms with Gasteiger partial charge in [-0.15, -0.1) is 0 Å². The van der Waals surface area contributed by atoms with Gasteiger partial charge in [-0.05, 0) is 31.4 Å². The van der Waals surface area contributed by atoms with Crippen molar-refractivity contribution >= 4 is 17.3 Å². The third-order valence-electron chi connectivity index (χ3n) is 3.91. The highest BCUT2D eigenvalue weighted by atomic mass is 35.5. The van der Waals surface area contributed by atoms with Crippen LogP contribution in [-0.2, 0) is 4.74 Å². The summed E-state index contributed by atoms with van der Waals surface area (Å²) in [5, 5.41) is 5.19. The highest BCUT2D eigenvalue weighted by Gasteiger charge is 2.17. The van der Waals surface area contributed by atoms with E-state index in [0.717, 1.165) is 48.4 Å². The Kier molecular flexibility index (Phi) is 3.68. The second-order valence-corrected chi connectivity index (χ2v) is 5.57. The lowest BCUT2D eigenvalue weighted by atomic mass is 10.1. The minimum Gasteiger partial charge on any atom is -0.398 e. The molecule has 1 aliphatic heterocycles. The van der Waals surface area contributed by atoms with Crippen LogP contribution >= 0.6 is 11.6 Å². The molecule has 1 aromatic carbocycles. The number of hydrogen-bond donors (Lipinski definition) is 1. The van der Waals surface area contributed by atoms with Crippen LogP contribution in [0.2, 0.25) is 5.02 Å². The van der Waals surface area contributed by atoms with Crippen LogP contribution in [0.5, 0.6) is 0 Å². The number of halogens is 1. The van der Waals surface area contributed by atoms with E-state index in [1.165, 1.54) is 0 Å². The maximum atomic E-state index is 6.39. The first-order valence-corrected chi connectivity index (χ1v) is 7.21. The lowest BCUT2D eigenvalue weighted by Crippen LogP contribution is -2.19. The third kappa shape index (κ3) is 2.41. The molecule has 0 spiro atoms. The molecule has 1 saturated heterocycles. The van der Waals surface area contributed by atoms with Crippen LogP contribution in [-0.4, -0.2) is 23.0 Å². The highest BCUT2D eigenvalue weighted by molar-refractivity contribution is 6.34. The molecule has 5 heteroatoms. The van der Waals surface area contributed by atoms with Gasteiger partial charge in [0.2, 0.25) is 0 Å². The van der Waals surface area contributed by atoms with E-state index >= 15 is 0 Å². The number of rotatable bonds is 2. The van der Waals surface area contributed by atoms with E-state index in [1.807, 2.05) is 29.9 Å². The van der Waals surface area contributed by atoms with Crippen LogP contribution in [0.25, 0.3) is 11.1 Å². The van der Waals surface area contributed by atoms with E-state index in [4.69, 9.17) is 22.1 Å². The fourth-order valence-corrected chi connectivity index (χ4v) is 2.83. The topological polar surface area (TPSA) is 53.1 Å². The summed E-state index contributed by atoms with van der Waals surface area (Å²) >= 11 is 6.39. The molecule has 0 bridgehead atoms. The Morgan fingerprint density at radius 1 is 1.35 bits per heavy atom. The first kappa shape index (κ1) is 13.5. The van der Waals surface area contributed by atoms with Crippen molar-refractivity contribution in [2.75, 3.05) is 18.9 Å². The second-order valence-electron chi connectivity index (χ2n) is 5.19. The first-order valence-electron chi connectivity index (χ1n) is 6.83. The molecule has 1 aromatic heterocycles. The zero-order valence-corrected chi connectivity index (χ0v) is 12.2. The number of ether oxygens (including phenoxy) is 1. The van der Waals surface area contributed by atoms with E-state index < -0.39 is 0 Å². The minimum absolute atomic E-state index is 0.422. The number of nitrogens with two attached hydrogens (primary N) is 1. The van der Waals surface area contributed by atoms with E-state index in [2.05, 4.69) is 11.3 Å². The largest absolute Gasteiger partial charge is 0.398 e. The summed E-state index contributed by atoms with van der Waals surface area (Å²) in [6.45, 7) is 3.55. The normalized spacial score (nSPS) is 16.5. The molecule has 20 heavy (non-hydrogen) atoms. The van der Waals surface area contributed by atoms with Gasteiger partial charge in [-0.2, -0.15) is 5.10 Å². The molecule has 3 rings (SSSR count). The van der Waals surface area contributed by atoms with Crippen LogP contribution in [0.4, 0.5) is 5.69 Å². The molecule has 2 N–H and O–H groups in total. The maximum absolute atomic E-state index is 6.39. The van der Waals surface area contributed by atoms with Crippen molar-refractivity contribution < 1.29 is 4.74 Å². The Balaban J connectivity index is 1.92. The van der Waals surface area contributed by atoms with Crippen LogP contribution in [0.3, 0.4) is 0 Å². The number of hydrogen-bond acceptors (Lipinski definition) is 3. The smallest absolute Gasteiger partial charge is 0.0568 e. The van der Waals surface area contributed by atoms with Gasteiger partial charge in [0.1, 0.15) is 0 Å². The predicted octanol–water partition coefficient (Wildman–Crippen LogP) is 3.45. The molecule has 1 aliphatic rings. The van der Waals surface area contributed by atoms with E-state index in [1.54, 1.807) is 0 Å². The van der Waals surface area contributed by atoms with Gasteiger partial charge in [-0.25, -0.2) is 0 Å². The van der Waals surface area contributed by atoms with Crippen molar-refractivity contribution in [2.24, 2.45) is 0 Å². The fraction of sp³-hybridized carbons (Fsp3) is 0.400. The van der Waals surface area contributed by atoms with Crippen molar-refractivity contribution in [1.29, 1.82) is 0 Å². The number of benzene rings is 1. The maximum Gasteiger partial charge on any atom is 0.0568 e. The van der Waals surface area contributed by atoms with Crippen LogP contribution < -0.4 is 5.73 Å². The average molecular weight is 292 g/mol. The monoisotopic (exact) mass is 291 g/mol. The fourth-order valence-electron chi connectivity index (χ4n) is 2.55. The number of nitrogens with zero attached hydrogens (tertiary/aromatic N) is 2. The van der Waals surface area contributed by atoms with Crippen LogP contribution in [0.1, 0.15) is 24.4 Å². The molecule has 0 aliphatic carbocycles. The van der Waals surface area contributed by atoms with E-state index in [0.29, 0.717) is 11.1 Å². The summed E-state index contributed by atoms with van der Waals surface area (Å²) in [5.74, 6) is 0. The van der Waals surface area contributed by atoms with Crippen LogP contribution in [0.15, 0.2) is 24.5 Å². The van der Waals surface area contributed by atoms with Gasteiger partial charge in [0, 0.05) is 36.2 Å². The standard InChI is InChI=1S/C15H18ClN3O/c1-10-14(17)3-2-13(15(10)16)11-8-18-19(9-11)12-4-6-20-7-5-12/h2-3,8-9,12H,4-7,17H2,1H3. The molecule has 2 heterocycles. The molecule has 1 fully saturated rings. The SMILES string of the molecule is Cc1c(N)ccc(-c2cnn(C3CCOCC3)c2)c1Cl. The molecule has 0 saturated carbocycles. The molecular formula is C15H18ClN3O. The predicted molar refractivity (Wildman–Crippen MR) is 80.9 cm³/mol. The third-order valence-corrected chi connectivity index (χ3v) is 4.39. The van der Waals surface area contributed by atoms with Gasteiger partial charge in [-0.3, -0.25) is 4.68 Å². The second kappa shape index (κ2) is 5.46. The number of anilines is 1. The molecule has 106 valence electrons. The summed E-state index contributed by atoms with van der Waals surface area (Å²) in [4.78, 5) is 0. The molecule has 0 radical (unpaired) electrons. The molecule has 2 aromatic rings. The summed E-state index contributed by atoms with van der Waals surface area (Å²) in [5.41, 5.74) is 9.52. The summed E-state index contributed by atoms with van der Waals surface area (Å²) in [7, 11) is 0. The molecule has 0 atom stereocenters. The lowest BCUT2D eigenvalue weighted by Gasteiger charge is -2.22. The Bertz CT molecular complexity index is 618. The summed E-state index contributed by atoms with van der Waals surface area (Å²) < 4.78 is 7.41. The van der Waals surface area contributed by atoms with Gasteiger partial charge in [-0.1, -0.05) is 17.7 Å². The molecule has 0 amide bonds. The Hall–Kier alpha value is -1.52. The number of nitrogen functional groups attached to an aromatic ring is 1. The van der Waals surface area contributed by atoms with E-state index in [-0.39, 0.29) is 0 Å². The molecule has 4 nitrogen and oxygen atoms in total. The number of aromatic nitrogens is 2. The molecule has 0 unspecified atom stereocenters. The Labute approximate surface area is 123 Å². The lowest BCUT2D eigenvalue weighted by molar-refractivity contribution is 0.0662. The van der Waals surface area contributed by atoms with Gasteiger partial charge in [0.25, 0.3) is 0 Å². The van der Waals surface area contributed by atoms with Gasteiger partial charge in [0.05, 0.1) is 17.3 Å². The van der Waals surface area contributed by atoms with Gasteiger partial charge < -0.3 is 10.5 Å². The molecular weight excluding hydrogens is 274 g/mol. The van der Waals surface area contributed by atoms with Crippen molar-refractivity contribution in [1.82, 2.24) is 9.78 Å². The van der Waals surface area contributed by atoms with Gasteiger partial charge >= 0.3 is 0 Å². The van der Waals surface area contributed by atoms with Crippen molar-refractivity contribution in [3.05, 3.63) is 35.1 Å². The first-order chi connectivity index (χ1) is 9.66. The summed E-state index contributed by atoms with van der Waals surface area (Å²) in [6.07, 6.45) is 5.95. The zero-order valence-electron chi connectivity index (χ0n) is 11.5. The average Bonchev–Trinajstić information content (AvgIpc) is 2.95. The quantitative estimate of drug-likeness (QED) is 0.862. The van der Waals surface area contributed by atoms with Crippen molar-refractivity contribution in [3.63, 3.8) is 0 Å². The van der Waals surface area contributed by atoms with Gasteiger partial charge in [0.15, 0.2) is 0 Å². The van der Waals surface area contributed by atoms with Crippen molar-refractivity contribution in [2.45, 2.75) is 25.8 Å².